The first kappa shape index (κ1) is 39.3. The molecule has 0 radical (unpaired) electrons. The van der Waals surface area contributed by atoms with E-state index >= 15 is 0 Å². The van der Waals surface area contributed by atoms with Crippen molar-refractivity contribution in [1.82, 2.24) is 0 Å². The maximum absolute atomic E-state index is 13.6. The van der Waals surface area contributed by atoms with Crippen LogP contribution in [0.4, 0.5) is 0 Å². The average Bonchev–Trinajstić information content (AvgIpc) is 2.99. The van der Waals surface area contributed by atoms with Crippen molar-refractivity contribution in [3.8, 4) is 5.75 Å². The fourth-order valence-corrected chi connectivity index (χ4v) is 6.49. The highest BCUT2D eigenvalue weighted by Crippen LogP contribution is 2.40. The van der Waals surface area contributed by atoms with Crippen molar-refractivity contribution in [2.45, 2.75) is 172 Å². The third-order valence-electron chi connectivity index (χ3n) is 10.9. The quantitative estimate of drug-likeness (QED) is 0.115. The second kappa shape index (κ2) is 17.3. The van der Waals surface area contributed by atoms with Gasteiger partial charge in [0, 0.05) is 6.42 Å². The van der Waals surface area contributed by atoms with Crippen molar-refractivity contribution in [3.63, 3.8) is 0 Å². The molecule has 1 aromatic carbocycles. The van der Waals surface area contributed by atoms with Gasteiger partial charge in [-0.15, -0.1) is 0 Å². The van der Waals surface area contributed by atoms with Gasteiger partial charge in [-0.25, -0.2) is 0 Å². The molecule has 1 aliphatic heterocycles. The minimum Gasteiger partial charge on any atom is -0.490 e. The van der Waals surface area contributed by atoms with Crippen LogP contribution in [0.2, 0.25) is 0 Å². The number of benzene rings is 1. The molecule has 0 saturated heterocycles. The molecule has 2 rings (SSSR count). The molecule has 2 atom stereocenters. The van der Waals surface area contributed by atoms with Gasteiger partial charge >= 0.3 is 5.97 Å². The summed E-state index contributed by atoms with van der Waals surface area (Å²) in [6.45, 7) is 22.6. The Morgan fingerprint density at radius 3 is 2.16 bits per heavy atom. The van der Waals surface area contributed by atoms with Gasteiger partial charge in [-0.3, -0.25) is 9.59 Å². The second-order valence-electron chi connectivity index (χ2n) is 16.3. The van der Waals surface area contributed by atoms with E-state index in [2.05, 4.69) is 48.5 Å². The summed E-state index contributed by atoms with van der Waals surface area (Å²) in [7, 11) is 0. The molecule has 5 heteroatoms. The Kier molecular flexibility index (Phi) is 15.1. The minimum absolute atomic E-state index is 0.110. The molecule has 0 aliphatic carbocycles. The van der Waals surface area contributed by atoms with Crippen molar-refractivity contribution in [2.24, 2.45) is 22.2 Å². The van der Waals surface area contributed by atoms with Crippen molar-refractivity contribution in [1.29, 1.82) is 0 Å². The van der Waals surface area contributed by atoms with Gasteiger partial charge in [-0.05, 0) is 126 Å². The normalized spacial score (nSPS) is 16.7. The minimum atomic E-state index is -1.15. The van der Waals surface area contributed by atoms with E-state index in [1.807, 2.05) is 20.8 Å². The van der Waals surface area contributed by atoms with Crippen molar-refractivity contribution in [3.05, 3.63) is 27.8 Å². The molecule has 5 nitrogen and oxygen atoms in total. The van der Waals surface area contributed by atoms with Gasteiger partial charge in [0.25, 0.3) is 0 Å². The highest BCUT2D eigenvalue weighted by Gasteiger charge is 2.37. The number of Topliss-reactive ketones (excluding diaryl/α,β-unsaturated/α-hetero) is 1. The van der Waals surface area contributed by atoms with Crippen LogP contribution in [-0.4, -0.2) is 36.2 Å². The van der Waals surface area contributed by atoms with E-state index in [4.69, 9.17) is 9.47 Å². The summed E-state index contributed by atoms with van der Waals surface area (Å²) in [6, 6.07) is 0. The number of rotatable bonds is 20. The van der Waals surface area contributed by atoms with E-state index in [1.54, 1.807) is 6.92 Å². The van der Waals surface area contributed by atoms with Crippen LogP contribution in [0.5, 0.6) is 5.75 Å². The van der Waals surface area contributed by atoms with E-state index in [0.29, 0.717) is 11.8 Å². The molecule has 0 amide bonds. The zero-order chi connectivity index (χ0) is 34.0. The third kappa shape index (κ3) is 11.4. The van der Waals surface area contributed by atoms with Crippen LogP contribution in [0.3, 0.4) is 0 Å². The number of esters is 1. The Bertz CT molecular complexity index is 1110. The lowest BCUT2D eigenvalue weighted by molar-refractivity contribution is -0.160. The number of fused-ring (bicyclic) bond motifs is 1. The van der Waals surface area contributed by atoms with E-state index in [0.717, 1.165) is 53.2 Å². The molecule has 258 valence electrons. The number of aliphatic hydroxyl groups excluding tert-OH is 1. The summed E-state index contributed by atoms with van der Waals surface area (Å²) in [5.41, 5.74) is 4.15. The van der Waals surface area contributed by atoms with Crippen LogP contribution in [0.25, 0.3) is 0 Å². The number of ketones is 1. The summed E-state index contributed by atoms with van der Waals surface area (Å²) in [5, 5.41) is 10.2. The molecule has 0 fully saturated rings. The predicted octanol–water partition coefficient (Wildman–Crippen LogP) is 9.98. The molecular formula is C40H68O5. The molecule has 0 bridgehead atoms. The number of hydrogen-bond donors (Lipinski definition) is 1. The Morgan fingerprint density at radius 1 is 0.911 bits per heavy atom. The largest absolute Gasteiger partial charge is 0.490 e. The molecule has 0 aromatic heterocycles. The molecule has 1 unspecified atom stereocenters. The van der Waals surface area contributed by atoms with Crippen LogP contribution in [0.1, 0.15) is 160 Å². The van der Waals surface area contributed by atoms with Crippen LogP contribution in [-0.2, 0) is 27.2 Å². The predicted molar refractivity (Wildman–Crippen MR) is 187 cm³/mol. The number of ether oxygens (including phenoxy) is 2. The Labute approximate surface area is 276 Å². The lowest BCUT2D eigenvalue weighted by atomic mass is 9.79. The first-order valence-corrected chi connectivity index (χ1v) is 18.1. The summed E-state index contributed by atoms with van der Waals surface area (Å²) < 4.78 is 12.2. The van der Waals surface area contributed by atoms with Gasteiger partial charge in [-0.1, -0.05) is 73.1 Å². The van der Waals surface area contributed by atoms with Gasteiger partial charge in [0.15, 0.2) is 0 Å². The maximum atomic E-state index is 13.6. The summed E-state index contributed by atoms with van der Waals surface area (Å²) in [5.74, 6) is 1.39. The number of carbonyl (C=O) groups is 2. The number of carbonyl (C=O) groups excluding carboxylic acids is 2. The smallest absolute Gasteiger partial charge is 0.311 e. The van der Waals surface area contributed by atoms with Crippen molar-refractivity contribution < 1.29 is 24.2 Å². The van der Waals surface area contributed by atoms with Gasteiger partial charge in [0.2, 0.25) is 0 Å². The molecule has 1 aliphatic rings. The van der Waals surface area contributed by atoms with Crippen LogP contribution in [0.15, 0.2) is 0 Å². The summed E-state index contributed by atoms with van der Waals surface area (Å²) >= 11 is 0. The van der Waals surface area contributed by atoms with Gasteiger partial charge in [-0.2, -0.15) is 0 Å². The molecule has 0 spiro atoms. The van der Waals surface area contributed by atoms with E-state index in [1.165, 1.54) is 63.4 Å². The molecule has 45 heavy (non-hydrogen) atoms. The zero-order valence-electron chi connectivity index (χ0n) is 31.0. The second-order valence-corrected chi connectivity index (χ2v) is 16.3. The van der Waals surface area contributed by atoms with E-state index in [-0.39, 0.29) is 37.5 Å². The highest BCUT2D eigenvalue weighted by molar-refractivity contribution is 5.88. The van der Waals surface area contributed by atoms with Crippen molar-refractivity contribution >= 4 is 11.8 Å². The topological polar surface area (TPSA) is 72.8 Å². The molecule has 1 aromatic rings. The van der Waals surface area contributed by atoms with Crippen LogP contribution >= 0.6 is 0 Å². The molecular weight excluding hydrogens is 560 g/mol. The molecule has 0 saturated carbocycles. The lowest BCUT2D eigenvalue weighted by Crippen LogP contribution is -2.40. The van der Waals surface area contributed by atoms with Gasteiger partial charge < -0.3 is 14.6 Å². The fourth-order valence-electron chi connectivity index (χ4n) is 6.49. The monoisotopic (exact) mass is 629 g/mol. The zero-order valence-corrected chi connectivity index (χ0v) is 31.0. The SMILES string of the molecule is CCC(C)(C)C(=O)OCC(C)(CO)C(=O)Cc1c(C)c(C)c2c(c1C)CC[C@@H](CCCC(C)(C)CCCCCCCC(C)C)O2. The maximum Gasteiger partial charge on any atom is 0.311 e. The standard InChI is InChI=1S/C40H68O5/c1-12-39(9,10)37(43)44-27-40(11,26-41)35(42)25-34-29(4)30(5)36-33(31(34)6)22-21-32(45-36)20-18-24-38(7,8)23-17-15-13-14-16-19-28(2)3/h28,32,41H,12-27H2,1-11H3/t32-,40?/m1/s1. The average molecular weight is 629 g/mol. The molecule has 1 N–H and O–H groups in total. The van der Waals surface area contributed by atoms with Gasteiger partial charge in [0.05, 0.1) is 23.5 Å². The molecule has 1 heterocycles. The van der Waals surface area contributed by atoms with Crippen molar-refractivity contribution in [2.75, 3.05) is 13.2 Å². The number of aliphatic hydroxyl groups is 1. The summed E-state index contributed by atoms with van der Waals surface area (Å²) in [6.07, 6.45) is 16.0. The van der Waals surface area contributed by atoms with E-state index < -0.39 is 10.8 Å². The highest BCUT2D eigenvalue weighted by atomic mass is 16.5. The first-order valence-electron chi connectivity index (χ1n) is 18.1. The first-order chi connectivity index (χ1) is 21.0. The number of hydrogen-bond acceptors (Lipinski definition) is 5. The van der Waals surface area contributed by atoms with Gasteiger partial charge in [0.1, 0.15) is 18.1 Å². The Hall–Kier alpha value is -1.88. The third-order valence-corrected chi connectivity index (χ3v) is 10.9. The number of unbranched alkanes of at least 4 members (excludes halogenated alkanes) is 4. The fraction of sp³-hybridized carbons (Fsp3) is 0.800. The summed E-state index contributed by atoms with van der Waals surface area (Å²) in [4.78, 5) is 26.2. The van der Waals surface area contributed by atoms with Crippen LogP contribution < -0.4 is 4.74 Å². The Balaban J connectivity index is 1.97. The van der Waals surface area contributed by atoms with E-state index in [9.17, 15) is 14.7 Å². The van der Waals surface area contributed by atoms with Crippen LogP contribution in [0, 0.1) is 42.9 Å². The Morgan fingerprint density at radius 2 is 1.53 bits per heavy atom. The lowest BCUT2D eigenvalue weighted by Gasteiger charge is -2.33.